The number of hydrogen-bond acceptors (Lipinski definition) is 5. The molecule has 7 nitrogen and oxygen atoms in total. The van der Waals surface area contributed by atoms with Crippen LogP contribution < -0.4 is 10.9 Å². The topological polar surface area (TPSA) is 81.3 Å². The molecule has 0 saturated carbocycles. The van der Waals surface area contributed by atoms with Gasteiger partial charge in [-0.05, 0) is 39.8 Å². The van der Waals surface area contributed by atoms with E-state index in [9.17, 15) is 9.59 Å². The molecule has 0 aliphatic heterocycles. The van der Waals surface area contributed by atoms with Crippen LogP contribution in [0.3, 0.4) is 0 Å². The summed E-state index contributed by atoms with van der Waals surface area (Å²) in [6.45, 7) is 8.22. The van der Waals surface area contributed by atoms with E-state index in [-0.39, 0.29) is 22.8 Å². The van der Waals surface area contributed by atoms with E-state index in [0.717, 1.165) is 5.52 Å². The van der Waals surface area contributed by atoms with Gasteiger partial charge in [0.2, 0.25) is 11.7 Å². The van der Waals surface area contributed by atoms with Crippen LogP contribution in [0.1, 0.15) is 27.7 Å². The van der Waals surface area contributed by atoms with Gasteiger partial charge in [0, 0.05) is 12.1 Å². The summed E-state index contributed by atoms with van der Waals surface area (Å²) in [5.41, 5.74) is 0.385. The molecule has 2 heterocycles. The lowest BCUT2D eigenvalue weighted by Gasteiger charge is -2.20. The van der Waals surface area contributed by atoms with Crippen molar-refractivity contribution in [2.45, 2.75) is 44.9 Å². The first-order valence-corrected chi connectivity index (χ1v) is 9.11. The zero-order valence-corrected chi connectivity index (χ0v) is 15.6. The van der Waals surface area contributed by atoms with Crippen LogP contribution in [0, 0.1) is 0 Å². The average Bonchev–Trinajstić information content (AvgIpc) is 2.96. The molecule has 0 aliphatic carbocycles. The van der Waals surface area contributed by atoms with E-state index < -0.39 is 0 Å². The van der Waals surface area contributed by atoms with Crippen LogP contribution in [-0.4, -0.2) is 36.4 Å². The number of benzene rings is 1. The van der Waals surface area contributed by atoms with Gasteiger partial charge in [0.15, 0.2) is 5.16 Å². The number of thioether (sulfide) groups is 1. The lowest BCUT2D eigenvalue weighted by molar-refractivity contribution is -0.119. The van der Waals surface area contributed by atoms with Crippen molar-refractivity contribution in [1.82, 2.24) is 24.5 Å². The predicted octanol–water partition coefficient (Wildman–Crippen LogP) is 2.07. The summed E-state index contributed by atoms with van der Waals surface area (Å²) < 4.78 is 3.43. The minimum absolute atomic E-state index is 0.0673. The number of carbonyl (C=O) groups excluding carboxylic acids is 1. The number of fused-ring (bicyclic) bond motifs is 3. The quantitative estimate of drug-likeness (QED) is 0.721. The normalized spacial score (nSPS) is 12.0. The van der Waals surface area contributed by atoms with Gasteiger partial charge >= 0.3 is 0 Å². The number of para-hydroxylation sites is 1. The number of amides is 1. The summed E-state index contributed by atoms with van der Waals surface area (Å²) in [6, 6.07) is 7.37. The molecule has 0 unspecified atom stereocenters. The Labute approximate surface area is 149 Å². The van der Waals surface area contributed by atoms with Gasteiger partial charge in [-0.3, -0.25) is 18.6 Å². The van der Waals surface area contributed by atoms with Crippen LogP contribution in [0.4, 0.5) is 0 Å². The molecule has 0 spiro atoms. The van der Waals surface area contributed by atoms with Crippen molar-refractivity contribution in [3.8, 4) is 0 Å². The summed E-state index contributed by atoms with van der Waals surface area (Å²) in [6.07, 6.45) is 0. The zero-order chi connectivity index (χ0) is 18.2. The van der Waals surface area contributed by atoms with E-state index >= 15 is 0 Å². The van der Waals surface area contributed by atoms with Crippen LogP contribution in [-0.2, 0) is 11.3 Å². The van der Waals surface area contributed by atoms with Crippen molar-refractivity contribution in [2.24, 2.45) is 0 Å². The van der Waals surface area contributed by atoms with Gasteiger partial charge in [0.1, 0.15) is 0 Å². The summed E-state index contributed by atoms with van der Waals surface area (Å²) in [5.74, 6) is 0.657. The number of aromatic nitrogens is 4. The average molecular weight is 359 g/mol. The van der Waals surface area contributed by atoms with Gasteiger partial charge in [0.05, 0.1) is 16.7 Å². The molecule has 0 saturated heterocycles. The van der Waals surface area contributed by atoms with Gasteiger partial charge in [-0.2, -0.15) is 0 Å². The first kappa shape index (κ1) is 17.5. The Balaban J connectivity index is 2.05. The molecule has 1 amide bonds. The second-order valence-electron chi connectivity index (χ2n) is 6.77. The molecule has 1 aromatic carbocycles. The van der Waals surface area contributed by atoms with Crippen molar-refractivity contribution in [1.29, 1.82) is 0 Å². The smallest absolute Gasteiger partial charge is 0.262 e. The first-order valence-electron chi connectivity index (χ1n) is 8.12. The van der Waals surface area contributed by atoms with Crippen molar-refractivity contribution in [3.05, 3.63) is 34.6 Å². The number of aryl methyl sites for hydroxylation is 1. The fraction of sp³-hybridized carbons (Fsp3) is 0.412. The van der Waals surface area contributed by atoms with E-state index in [4.69, 9.17) is 0 Å². The van der Waals surface area contributed by atoms with Crippen LogP contribution in [0.15, 0.2) is 34.2 Å². The summed E-state index contributed by atoms with van der Waals surface area (Å²) in [5, 5.41) is 12.5. The third-order valence-corrected chi connectivity index (χ3v) is 4.57. The second-order valence-corrected chi connectivity index (χ2v) is 7.71. The minimum Gasteiger partial charge on any atom is -0.351 e. The van der Waals surface area contributed by atoms with E-state index in [1.807, 2.05) is 50.3 Å². The number of carbonyl (C=O) groups is 1. The third kappa shape index (κ3) is 3.39. The van der Waals surface area contributed by atoms with Crippen molar-refractivity contribution in [2.75, 3.05) is 5.75 Å². The molecule has 3 rings (SSSR count). The third-order valence-electron chi connectivity index (χ3n) is 3.64. The molecule has 0 fully saturated rings. The molecule has 0 atom stereocenters. The maximum Gasteiger partial charge on any atom is 0.262 e. The Kier molecular flexibility index (Phi) is 4.55. The van der Waals surface area contributed by atoms with E-state index in [1.165, 1.54) is 11.8 Å². The molecule has 132 valence electrons. The fourth-order valence-corrected chi connectivity index (χ4v) is 3.44. The Morgan fingerprint density at radius 3 is 2.64 bits per heavy atom. The largest absolute Gasteiger partial charge is 0.351 e. The lowest BCUT2D eigenvalue weighted by atomic mass is 10.1. The molecule has 25 heavy (non-hydrogen) atoms. The van der Waals surface area contributed by atoms with E-state index in [1.54, 1.807) is 10.6 Å². The van der Waals surface area contributed by atoms with Crippen molar-refractivity contribution < 1.29 is 4.79 Å². The van der Waals surface area contributed by atoms with Gasteiger partial charge < -0.3 is 5.32 Å². The fourth-order valence-electron chi connectivity index (χ4n) is 2.70. The maximum absolute atomic E-state index is 12.6. The minimum atomic E-state index is -0.278. The van der Waals surface area contributed by atoms with E-state index in [0.29, 0.717) is 22.9 Å². The Hall–Kier alpha value is -2.35. The molecule has 3 aromatic rings. The number of nitrogens with one attached hydrogen (secondary N) is 1. The highest BCUT2D eigenvalue weighted by Crippen LogP contribution is 2.21. The van der Waals surface area contributed by atoms with Gasteiger partial charge in [0.25, 0.3) is 5.56 Å². The summed E-state index contributed by atoms with van der Waals surface area (Å²) in [7, 11) is 0. The van der Waals surface area contributed by atoms with Crippen LogP contribution in [0.5, 0.6) is 0 Å². The van der Waals surface area contributed by atoms with Crippen LogP contribution in [0.2, 0.25) is 0 Å². The Bertz CT molecular complexity index is 1000. The monoisotopic (exact) mass is 359 g/mol. The van der Waals surface area contributed by atoms with Gasteiger partial charge in [-0.25, -0.2) is 0 Å². The number of hydrogen-bond donors (Lipinski definition) is 1. The standard InChI is InChI=1S/C17H21N5O2S/c1-5-21-14(24)11-8-6-7-9-12(11)22-15(21)19-20-16(22)25-10-13(23)18-17(2,3)4/h6-9H,5,10H2,1-4H3,(H,18,23). The van der Waals surface area contributed by atoms with Crippen LogP contribution >= 0.6 is 11.8 Å². The molecular weight excluding hydrogens is 338 g/mol. The number of nitrogens with zero attached hydrogens (tertiary/aromatic N) is 4. The highest BCUT2D eigenvalue weighted by molar-refractivity contribution is 7.99. The Morgan fingerprint density at radius 2 is 1.96 bits per heavy atom. The zero-order valence-electron chi connectivity index (χ0n) is 14.7. The van der Waals surface area contributed by atoms with Gasteiger partial charge in [-0.1, -0.05) is 23.9 Å². The SMILES string of the molecule is CCn1c(=O)c2ccccc2n2c(SCC(=O)NC(C)(C)C)nnc12. The van der Waals surface area contributed by atoms with Crippen LogP contribution in [0.25, 0.3) is 16.7 Å². The highest BCUT2D eigenvalue weighted by atomic mass is 32.2. The van der Waals surface area contributed by atoms with Crippen molar-refractivity contribution in [3.63, 3.8) is 0 Å². The summed E-state index contributed by atoms with van der Waals surface area (Å²) in [4.78, 5) is 24.7. The predicted molar refractivity (Wildman–Crippen MR) is 99.0 cm³/mol. The molecule has 0 aliphatic rings. The summed E-state index contributed by atoms with van der Waals surface area (Å²) >= 11 is 1.31. The highest BCUT2D eigenvalue weighted by Gasteiger charge is 2.18. The lowest BCUT2D eigenvalue weighted by Crippen LogP contribution is -2.41. The number of rotatable bonds is 4. The van der Waals surface area contributed by atoms with Crippen molar-refractivity contribution >= 4 is 34.3 Å². The van der Waals surface area contributed by atoms with E-state index in [2.05, 4.69) is 15.5 Å². The molecule has 0 bridgehead atoms. The molecule has 1 N–H and O–H groups in total. The molecular formula is C17H21N5O2S. The molecule has 8 heteroatoms. The molecule has 0 radical (unpaired) electrons. The Morgan fingerprint density at radius 1 is 1.24 bits per heavy atom. The van der Waals surface area contributed by atoms with Gasteiger partial charge in [-0.15, -0.1) is 10.2 Å². The molecule has 2 aromatic heterocycles. The second kappa shape index (κ2) is 6.51. The first-order chi connectivity index (χ1) is 11.8. The maximum atomic E-state index is 12.6.